The summed E-state index contributed by atoms with van der Waals surface area (Å²) >= 11 is 0. The van der Waals surface area contributed by atoms with Crippen LogP contribution in [0.25, 0.3) is 11.0 Å². The zero-order valence-electron chi connectivity index (χ0n) is 10.4. The van der Waals surface area contributed by atoms with Crippen molar-refractivity contribution in [2.24, 2.45) is 0 Å². The number of hydrogen-bond acceptors (Lipinski definition) is 4. The summed E-state index contributed by atoms with van der Waals surface area (Å²) in [5.41, 5.74) is 1.88. The number of methoxy groups -OCH3 is 1. The predicted octanol–water partition coefficient (Wildman–Crippen LogP) is 1.91. The molecule has 0 fully saturated rings. The molecule has 96 valence electrons. The van der Waals surface area contributed by atoms with E-state index in [1.165, 1.54) is 0 Å². The molecule has 1 aliphatic heterocycles. The first kappa shape index (κ1) is 11.3. The van der Waals surface area contributed by atoms with Gasteiger partial charge in [0.25, 0.3) is 0 Å². The minimum atomic E-state index is 0.659. The molecule has 0 aliphatic carbocycles. The van der Waals surface area contributed by atoms with Crippen LogP contribution < -0.4 is 9.47 Å². The molecule has 0 amide bonds. The van der Waals surface area contributed by atoms with Crippen LogP contribution in [0.5, 0.6) is 11.5 Å². The molecule has 1 N–H and O–H groups in total. The van der Waals surface area contributed by atoms with Crippen molar-refractivity contribution in [1.29, 1.82) is 0 Å². The van der Waals surface area contributed by atoms with E-state index in [9.17, 15) is 0 Å². The highest BCUT2D eigenvalue weighted by Gasteiger charge is 2.13. The van der Waals surface area contributed by atoms with Crippen molar-refractivity contribution < 1.29 is 14.2 Å². The monoisotopic (exact) mass is 248 g/mol. The number of nitrogens with zero attached hydrogens (tertiary/aromatic N) is 1. The molecule has 0 saturated heterocycles. The summed E-state index contributed by atoms with van der Waals surface area (Å²) in [6, 6.07) is 3.89. The molecular formula is C13H16N2O3. The van der Waals surface area contributed by atoms with Gasteiger partial charge in [-0.25, -0.2) is 4.98 Å². The first-order chi connectivity index (χ1) is 8.86. The number of fused-ring (bicyclic) bond motifs is 2. The molecular weight excluding hydrogens is 232 g/mol. The van der Waals surface area contributed by atoms with E-state index in [2.05, 4.69) is 9.97 Å². The topological polar surface area (TPSA) is 56.4 Å². The number of ether oxygens (including phenoxy) is 3. The van der Waals surface area contributed by atoms with E-state index in [1.807, 2.05) is 12.1 Å². The van der Waals surface area contributed by atoms with Gasteiger partial charge >= 0.3 is 0 Å². The molecule has 5 heteroatoms. The fourth-order valence-corrected chi connectivity index (χ4v) is 2.04. The largest absolute Gasteiger partial charge is 0.489 e. The molecule has 18 heavy (non-hydrogen) atoms. The Hall–Kier alpha value is -1.75. The molecule has 0 saturated carbocycles. The number of benzene rings is 1. The Morgan fingerprint density at radius 3 is 2.83 bits per heavy atom. The van der Waals surface area contributed by atoms with E-state index in [4.69, 9.17) is 14.2 Å². The number of H-pyrrole nitrogens is 1. The predicted molar refractivity (Wildman–Crippen MR) is 67.3 cm³/mol. The standard InChI is InChI=1S/C13H16N2O3/c1-16-6-3-13-14-9-7-11-12(8-10(9)15-13)18-5-2-4-17-11/h7-8H,2-6H2,1H3,(H,14,15). The summed E-state index contributed by atoms with van der Waals surface area (Å²) in [5.74, 6) is 2.50. The first-order valence-corrected chi connectivity index (χ1v) is 6.14. The lowest BCUT2D eigenvalue weighted by atomic mass is 10.3. The van der Waals surface area contributed by atoms with E-state index >= 15 is 0 Å². The summed E-state index contributed by atoms with van der Waals surface area (Å²) in [7, 11) is 1.69. The van der Waals surface area contributed by atoms with E-state index in [1.54, 1.807) is 7.11 Å². The molecule has 1 aromatic heterocycles. The maximum Gasteiger partial charge on any atom is 0.163 e. The van der Waals surface area contributed by atoms with E-state index in [0.717, 1.165) is 41.2 Å². The van der Waals surface area contributed by atoms with Crippen LogP contribution >= 0.6 is 0 Å². The molecule has 0 radical (unpaired) electrons. The van der Waals surface area contributed by atoms with Gasteiger partial charge in [-0.05, 0) is 0 Å². The molecule has 0 unspecified atom stereocenters. The zero-order valence-corrected chi connectivity index (χ0v) is 10.4. The SMILES string of the molecule is COCCc1nc2cc3c(cc2[nH]1)OCCCO3. The van der Waals surface area contributed by atoms with Crippen LogP contribution in [0.1, 0.15) is 12.2 Å². The fraction of sp³-hybridized carbons (Fsp3) is 0.462. The van der Waals surface area contributed by atoms with Crippen molar-refractivity contribution in [3.8, 4) is 11.5 Å². The zero-order chi connectivity index (χ0) is 12.4. The molecule has 0 atom stereocenters. The van der Waals surface area contributed by atoms with Crippen LogP contribution in [0.15, 0.2) is 12.1 Å². The summed E-state index contributed by atoms with van der Waals surface area (Å²) < 4.78 is 16.3. The van der Waals surface area contributed by atoms with Gasteiger partial charge < -0.3 is 19.2 Å². The molecule has 1 aliphatic rings. The van der Waals surface area contributed by atoms with Gasteiger partial charge in [-0.15, -0.1) is 0 Å². The average Bonchev–Trinajstić information content (AvgIpc) is 2.62. The second-order valence-corrected chi connectivity index (χ2v) is 4.29. The number of nitrogens with one attached hydrogen (secondary N) is 1. The molecule has 2 heterocycles. The summed E-state index contributed by atoms with van der Waals surface area (Å²) in [4.78, 5) is 7.79. The van der Waals surface area contributed by atoms with Gasteiger partial charge in [0.05, 0.1) is 30.9 Å². The molecule has 0 bridgehead atoms. The maximum absolute atomic E-state index is 5.65. The molecule has 2 aromatic rings. The van der Waals surface area contributed by atoms with Gasteiger partial charge in [0, 0.05) is 32.1 Å². The van der Waals surface area contributed by atoms with Crippen LogP contribution in [-0.4, -0.2) is 36.9 Å². The number of rotatable bonds is 3. The molecule has 0 spiro atoms. The van der Waals surface area contributed by atoms with Crippen LogP contribution in [0.2, 0.25) is 0 Å². The Morgan fingerprint density at radius 2 is 2.06 bits per heavy atom. The summed E-state index contributed by atoms with van der Waals surface area (Å²) in [6.45, 7) is 2.05. The fourth-order valence-electron chi connectivity index (χ4n) is 2.04. The summed E-state index contributed by atoms with van der Waals surface area (Å²) in [5, 5.41) is 0. The van der Waals surface area contributed by atoms with E-state index < -0.39 is 0 Å². The third-order valence-corrected chi connectivity index (χ3v) is 2.94. The van der Waals surface area contributed by atoms with E-state index in [-0.39, 0.29) is 0 Å². The molecule has 5 nitrogen and oxygen atoms in total. The number of imidazole rings is 1. The Morgan fingerprint density at radius 1 is 1.28 bits per heavy atom. The van der Waals surface area contributed by atoms with Gasteiger partial charge in [-0.2, -0.15) is 0 Å². The number of aromatic nitrogens is 2. The van der Waals surface area contributed by atoms with E-state index in [0.29, 0.717) is 19.8 Å². The molecule has 1 aromatic carbocycles. The Balaban J connectivity index is 1.96. The van der Waals surface area contributed by atoms with Gasteiger partial charge in [-0.1, -0.05) is 0 Å². The maximum atomic E-state index is 5.65. The minimum absolute atomic E-state index is 0.659. The first-order valence-electron chi connectivity index (χ1n) is 6.14. The highest BCUT2D eigenvalue weighted by molar-refractivity contribution is 5.79. The van der Waals surface area contributed by atoms with Gasteiger partial charge in [0.15, 0.2) is 11.5 Å². The third kappa shape index (κ3) is 2.13. The van der Waals surface area contributed by atoms with Gasteiger partial charge in [0.2, 0.25) is 0 Å². The van der Waals surface area contributed by atoms with Crippen LogP contribution in [0.4, 0.5) is 0 Å². The Bertz CT molecular complexity index is 507. The summed E-state index contributed by atoms with van der Waals surface area (Å²) in [6.07, 6.45) is 1.69. The lowest BCUT2D eigenvalue weighted by Crippen LogP contribution is -1.97. The number of hydrogen-bond donors (Lipinski definition) is 1. The van der Waals surface area contributed by atoms with Crippen molar-refractivity contribution >= 4 is 11.0 Å². The van der Waals surface area contributed by atoms with Crippen molar-refractivity contribution in [3.05, 3.63) is 18.0 Å². The minimum Gasteiger partial charge on any atom is -0.489 e. The third-order valence-electron chi connectivity index (χ3n) is 2.94. The second-order valence-electron chi connectivity index (χ2n) is 4.29. The Kier molecular flexibility index (Phi) is 3.06. The molecule has 3 rings (SSSR count). The van der Waals surface area contributed by atoms with Gasteiger partial charge in [-0.3, -0.25) is 0 Å². The van der Waals surface area contributed by atoms with Crippen LogP contribution in [0, 0.1) is 0 Å². The Labute approximate surface area is 105 Å². The van der Waals surface area contributed by atoms with Crippen molar-refractivity contribution in [2.45, 2.75) is 12.8 Å². The highest BCUT2D eigenvalue weighted by Crippen LogP contribution is 2.33. The normalized spacial score (nSPS) is 14.7. The lowest BCUT2D eigenvalue weighted by molar-refractivity contribution is 0.201. The lowest BCUT2D eigenvalue weighted by Gasteiger charge is -2.05. The van der Waals surface area contributed by atoms with Crippen molar-refractivity contribution in [3.63, 3.8) is 0 Å². The van der Waals surface area contributed by atoms with Crippen molar-refractivity contribution in [1.82, 2.24) is 9.97 Å². The van der Waals surface area contributed by atoms with Crippen molar-refractivity contribution in [2.75, 3.05) is 26.9 Å². The van der Waals surface area contributed by atoms with Crippen LogP contribution in [0.3, 0.4) is 0 Å². The quantitative estimate of drug-likeness (QED) is 0.901. The smallest absolute Gasteiger partial charge is 0.163 e. The van der Waals surface area contributed by atoms with Gasteiger partial charge in [0.1, 0.15) is 5.82 Å². The van der Waals surface area contributed by atoms with Crippen LogP contribution in [-0.2, 0) is 11.2 Å². The average molecular weight is 248 g/mol. The highest BCUT2D eigenvalue weighted by atomic mass is 16.5. The second kappa shape index (κ2) is 4.86. The number of aromatic amines is 1.